The summed E-state index contributed by atoms with van der Waals surface area (Å²) in [7, 11) is 0. The standard InChI is InChI=1S/C16H16ClNO2S/c1-10-3-4-12(9-11(10)2)18-16(20)8-5-13(19)14-6-7-15(17)21-14/h3-4,6-7,9H,5,8H2,1-2H3,(H,18,20). The Morgan fingerprint density at radius 1 is 1.10 bits per heavy atom. The summed E-state index contributed by atoms with van der Waals surface area (Å²) in [5.74, 6) is -0.212. The number of Topliss-reactive ketones (excluding diaryl/α,β-unsaturated/α-hetero) is 1. The fourth-order valence-corrected chi connectivity index (χ4v) is 2.87. The minimum atomic E-state index is -0.158. The molecule has 2 aromatic rings. The first kappa shape index (κ1) is 15.7. The lowest BCUT2D eigenvalue weighted by molar-refractivity contribution is -0.116. The highest BCUT2D eigenvalue weighted by molar-refractivity contribution is 7.18. The monoisotopic (exact) mass is 321 g/mol. The molecule has 0 saturated carbocycles. The third-order valence-corrected chi connectivity index (χ3v) is 4.49. The molecule has 21 heavy (non-hydrogen) atoms. The predicted octanol–water partition coefficient (Wildman–Crippen LogP) is 4.62. The molecular weight excluding hydrogens is 306 g/mol. The first-order valence-electron chi connectivity index (χ1n) is 6.61. The third-order valence-electron chi connectivity index (χ3n) is 3.22. The van der Waals surface area contributed by atoms with Gasteiger partial charge in [-0.15, -0.1) is 11.3 Å². The first-order chi connectivity index (χ1) is 9.95. The molecule has 0 atom stereocenters. The normalized spacial score (nSPS) is 10.4. The van der Waals surface area contributed by atoms with Crippen molar-refractivity contribution in [3.05, 3.63) is 50.7 Å². The van der Waals surface area contributed by atoms with Gasteiger partial charge >= 0.3 is 0 Å². The van der Waals surface area contributed by atoms with Crippen LogP contribution in [0.4, 0.5) is 5.69 Å². The Labute approximate surface area is 132 Å². The molecule has 0 aliphatic carbocycles. The van der Waals surface area contributed by atoms with Crippen LogP contribution < -0.4 is 5.32 Å². The van der Waals surface area contributed by atoms with Crippen LogP contribution in [0.5, 0.6) is 0 Å². The molecule has 2 rings (SSSR count). The molecule has 0 aliphatic heterocycles. The van der Waals surface area contributed by atoms with Crippen LogP contribution >= 0.6 is 22.9 Å². The van der Waals surface area contributed by atoms with Crippen LogP contribution in [0.25, 0.3) is 0 Å². The van der Waals surface area contributed by atoms with Gasteiger partial charge in [0.15, 0.2) is 5.78 Å². The summed E-state index contributed by atoms with van der Waals surface area (Å²) in [6.07, 6.45) is 0.356. The van der Waals surface area contributed by atoms with Crippen molar-refractivity contribution < 1.29 is 9.59 Å². The first-order valence-corrected chi connectivity index (χ1v) is 7.81. The topological polar surface area (TPSA) is 46.2 Å². The molecule has 3 nitrogen and oxygen atoms in total. The maximum atomic E-state index is 11.9. The molecule has 0 bridgehead atoms. The average molecular weight is 322 g/mol. The van der Waals surface area contributed by atoms with Crippen LogP contribution in [0.15, 0.2) is 30.3 Å². The van der Waals surface area contributed by atoms with Crippen molar-refractivity contribution in [1.82, 2.24) is 0 Å². The van der Waals surface area contributed by atoms with Crippen LogP contribution in [0.2, 0.25) is 4.34 Å². The Kier molecular flexibility index (Phi) is 5.15. The van der Waals surface area contributed by atoms with E-state index in [0.717, 1.165) is 11.3 Å². The van der Waals surface area contributed by atoms with Crippen molar-refractivity contribution in [1.29, 1.82) is 0 Å². The minimum Gasteiger partial charge on any atom is -0.326 e. The number of carbonyl (C=O) groups is 2. The Morgan fingerprint density at radius 2 is 1.86 bits per heavy atom. The van der Waals surface area contributed by atoms with E-state index in [1.54, 1.807) is 12.1 Å². The summed E-state index contributed by atoms with van der Waals surface area (Å²) in [6, 6.07) is 9.13. The number of carbonyl (C=O) groups excluding carboxylic acids is 2. The summed E-state index contributed by atoms with van der Waals surface area (Å²) < 4.78 is 0.581. The van der Waals surface area contributed by atoms with E-state index in [4.69, 9.17) is 11.6 Å². The molecule has 5 heteroatoms. The lowest BCUT2D eigenvalue weighted by Crippen LogP contribution is -2.13. The molecule has 0 aliphatic rings. The largest absolute Gasteiger partial charge is 0.326 e. The molecule has 0 unspecified atom stereocenters. The van der Waals surface area contributed by atoms with Crippen molar-refractivity contribution in [3.63, 3.8) is 0 Å². The fourth-order valence-electron chi connectivity index (χ4n) is 1.86. The van der Waals surface area contributed by atoms with E-state index in [2.05, 4.69) is 5.32 Å². The van der Waals surface area contributed by atoms with Crippen molar-refractivity contribution in [3.8, 4) is 0 Å². The van der Waals surface area contributed by atoms with Crippen LogP contribution in [0.3, 0.4) is 0 Å². The van der Waals surface area contributed by atoms with Gasteiger partial charge in [-0.25, -0.2) is 0 Å². The summed E-state index contributed by atoms with van der Waals surface area (Å²) in [5.41, 5.74) is 3.06. The lowest BCUT2D eigenvalue weighted by atomic mass is 10.1. The number of anilines is 1. The predicted molar refractivity (Wildman–Crippen MR) is 87.4 cm³/mol. The second kappa shape index (κ2) is 6.87. The Hall–Kier alpha value is -1.65. The summed E-state index contributed by atoms with van der Waals surface area (Å²) >= 11 is 7.03. The molecule has 1 aromatic carbocycles. The van der Waals surface area contributed by atoms with Gasteiger partial charge in [0.05, 0.1) is 9.21 Å². The van der Waals surface area contributed by atoms with E-state index in [1.165, 1.54) is 16.9 Å². The van der Waals surface area contributed by atoms with Crippen LogP contribution in [-0.4, -0.2) is 11.7 Å². The highest BCUT2D eigenvalue weighted by Gasteiger charge is 2.11. The quantitative estimate of drug-likeness (QED) is 0.817. The van der Waals surface area contributed by atoms with Gasteiger partial charge in [-0.3, -0.25) is 9.59 Å². The zero-order chi connectivity index (χ0) is 15.4. The number of nitrogens with one attached hydrogen (secondary N) is 1. The molecule has 0 saturated heterocycles. The number of hydrogen-bond acceptors (Lipinski definition) is 3. The number of amides is 1. The van der Waals surface area contributed by atoms with E-state index in [-0.39, 0.29) is 24.5 Å². The van der Waals surface area contributed by atoms with Gasteiger partial charge in [0, 0.05) is 18.5 Å². The summed E-state index contributed by atoms with van der Waals surface area (Å²) in [6.45, 7) is 4.01. The zero-order valence-electron chi connectivity index (χ0n) is 11.9. The second-order valence-corrected chi connectivity index (χ2v) is 6.59. The van der Waals surface area contributed by atoms with Crippen LogP contribution in [0.1, 0.15) is 33.6 Å². The van der Waals surface area contributed by atoms with Crippen molar-refractivity contribution in [2.24, 2.45) is 0 Å². The smallest absolute Gasteiger partial charge is 0.224 e. The van der Waals surface area contributed by atoms with E-state index in [0.29, 0.717) is 9.21 Å². The van der Waals surface area contributed by atoms with Crippen molar-refractivity contribution in [2.75, 3.05) is 5.32 Å². The maximum Gasteiger partial charge on any atom is 0.224 e. The number of rotatable bonds is 5. The van der Waals surface area contributed by atoms with Crippen molar-refractivity contribution >= 4 is 40.3 Å². The number of thiophene rings is 1. The maximum absolute atomic E-state index is 11.9. The highest BCUT2D eigenvalue weighted by atomic mass is 35.5. The zero-order valence-corrected chi connectivity index (χ0v) is 13.5. The Morgan fingerprint density at radius 3 is 2.48 bits per heavy atom. The Bertz CT molecular complexity index is 679. The fraction of sp³-hybridized carbons (Fsp3) is 0.250. The molecule has 1 amide bonds. The molecule has 110 valence electrons. The highest BCUT2D eigenvalue weighted by Crippen LogP contribution is 2.23. The Balaban J connectivity index is 1.87. The second-order valence-electron chi connectivity index (χ2n) is 4.87. The average Bonchev–Trinajstić information content (AvgIpc) is 2.87. The summed E-state index contributed by atoms with van der Waals surface area (Å²) in [4.78, 5) is 24.3. The number of halogens is 1. The SMILES string of the molecule is Cc1ccc(NC(=O)CCC(=O)c2ccc(Cl)s2)cc1C. The van der Waals surface area contributed by atoms with Gasteiger partial charge in [0.1, 0.15) is 0 Å². The van der Waals surface area contributed by atoms with E-state index in [1.807, 2.05) is 32.0 Å². The molecule has 0 spiro atoms. The number of hydrogen-bond donors (Lipinski definition) is 1. The molecule has 0 radical (unpaired) electrons. The van der Waals surface area contributed by atoms with Gasteiger partial charge < -0.3 is 5.32 Å². The molecular formula is C16H16ClNO2S. The number of ketones is 1. The van der Waals surface area contributed by atoms with Gasteiger partial charge in [0.2, 0.25) is 5.91 Å². The van der Waals surface area contributed by atoms with Crippen LogP contribution in [0, 0.1) is 13.8 Å². The minimum absolute atomic E-state index is 0.0536. The van der Waals surface area contributed by atoms with Gasteiger partial charge in [-0.2, -0.15) is 0 Å². The summed E-state index contributed by atoms with van der Waals surface area (Å²) in [5, 5.41) is 2.81. The number of aryl methyl sites for hydroxylation is 2. The van der Waals surface area contributed by atoms with E-state index >= 15 is 0 Å². The third kappa shape index (κ3) is 4.41. The number of benzene rings is 1. The molecule has 1 N–H and O–H groups in total. The van der Waals surface area contributed by atoms with Crippen molar-refractivity contribution in [2.45, 2.75) is 26.7 Å². The van der Waals surface area contributed by atoms with E-state index < -0.39 is 0 Å². The molecule has 0 fully saturated rings. The van der Waals surface area contributed by atoms with Gasteiger partial charge in [-0.05, 0) is 49.2 Å². The van der Waals surface area contributed by atoms with Crippen LogP contribution in [-0.2, 0) is 4.79 Å². The lowest BCUT2D eigenvalue weighted by Gasteiger charge is -2.07. The van der Waals surface area contributed by atoms with Gasteiger partial charge in [0.25, 0.3) is 0 Å². The van der Waals surface area contributed by atoms with E-state index in [9.17, 15) is 9.59 Å². The van der Waals surface area contributed by atoms with Gasteiger partial charge in [-0.1, -0.05) is 17.7 Å². The molecule has 1 heterocycles. The molecule has 1 aromatic heterocycles.